The molecule has 0 radical (unpaired) electrons. The van der Waals surface area contributed by atoms with Crippen LogP contribution in [0.15, 0.2) is 24.3 Å². The molecule has 0 aliphatic heterocycles. The third-order valence-corrected chi connectivity index (χ3v) is 4.65. The Kier molecular flexibility index (Phi) is 3.91. The quantitative estimate of drug-likeness (QED) is 0.307. The minimum Gasteiger partial charge on any atom is -0.370 e. The van der Waals surface area contributed by atoms with Crippen LogP contribution in [0.2, 0.25) is 0 Å². The van der Waals surface area contributed by atoms with E-state index in [4.69, 9.17) is 19.7 Å². The van der Waals surface area contributed by atoms with Gasteiger partial charge in [0.25, 0.3) is 11.6 Å². The van der Waals surface area contributed by atoms with E-state index < -0.39 is 0 Å². The summed E-state index contributed by atoms with van der Waals surface area (Å²) in [5.41, 5.74) is 1.09. The van der Waals surface area contributed by atoms with Crippen molar-refractivity contribution in [2.45, 2.75) is 0 Å². The minimum atomic E-state index is -0.180. The fourth-order valence-electron chi connectivity index (χ4n) is 3.34. The minimum absolute atomic E-state index is 0.111. The molecule has 0 N–H and O–H groups in total. The topological polar surface area (TPSA) is 110 Å². The van der Waals surface area contributed by atoms with E-state index in [1.165, 1.54) is 24.3 Å². The van der Waals surface area contributed by atoms with E-state index in [2.05, 4.69) is 24.5 Å². The third-order valence-electron chi connectivity index (χ3n) is 4.65. The fourth-order valence-corrected chi connectivity index (χ4v) is 3.34. The van der Waals surface area contributed by atoms with Crippen LogP contribution in [0, 0.1) is 53.7 Å². The third kappa shape index (κ3) is 2.34. The van der Waals surface area contributed by atoms with E-state index in [9.17, 15) is 15.8 Å². The zero-order chi connectivity index (χ0) is 21.4. The highest BCUT2D eigenvalue weighted by atomic mass is 15.0. The second-order valence-electron chi connectivity index (χ2n) is 6.10. The average molecular weight is 380 g/mol. The van der Waals surface area contributed by atoms with Crippen LogP contribution in [-0.2, 0) is 0 Å². The van der Waals surface area contributed by atoms with Gasteiger partial charge in [0.2, 0.25) is 16.7 Å². The van der Waals surface area contributed by atoms with Crippen LogP contribution >= 0.6 is 0 Å². The maximum Gasteiger partial charge on any atom is 0.294 e. The zero-order valence-electron chi connectivity index (χ0n) is 14.9. The molecule has 8 nitrogen and oxygen atoms in total. The first-order valence-corrected chi connectivity index (χ1v) is 8.22. The molecule has 30 heavy (non-hydrogen) atoms. The summed E-state index contributed by atoms with van der Waals surface area (Å²) in [7, 11) is 0. The summed E-state index contributed by atoms with van der Waals surface area (Å²) in [5, 5.41) is 30.3. The molecule has 0 fully saturated rings. The van der Waals surface area contributed by atoms with E-state index in [-0.39, 0.29) is 45.0 Å². The molecular weight excluding hydrogens is 376 g/mol. The second-order valence-corrected chi connectivity index (χ2v) is 6.10. The largest absolute Gasteiger partial charge is 0.370 e. The monoisotopic (exact) mass is 380 g/mol. The first-order valence-electron chi connectivity index (χ1n) is 8.22. The van der Waals surface area contributed by atoms with Crippen LogP contribution < -0.4 is 0 Å². The lowest BCUT2D eigenvalue weighted by Gasteiger charge is -2.09. The van der Waals surface area contributed by atoms with E-state index >= 15 is 0 Å². The van der Waals surface area contributed by atoms with E-state index in [0.29, 0.717) is 21.5 Å². The number of rotatable bonds is 0. The standard InChI is InChI=1S/C22H4N8/c1-26-18-7-17-15(6-13(18)10-25)14-4-11(8-23)12(9-24)5-16(14)19-20(17)30-22(28-3)21(27-2)29-19/h4-7H. The summed E-state index contributed by atoms with van der Waals surface area (Å²) in [5.74, 6) is -0.360. The van der Waals surface area contributed by atoms with Gasteiger partial charge in [-0.1, -0.05) is 13.1 Å². The van der Waals surface area contributed by atoms with Crippen LogP contribution in [-0.4, -0.2) is 9.97 Å². The molecule has 1 heterocycles. The summed E-state index contributed by atoms with van der Waals surface area (Å²) in [4.78, 5) is 18.5. The highest BCUT2D eigenvalue weighted by Crippen LogP contribution is 2.40. The lowest BCUT2D eigenvalue weighted by atomic mass is 9.94. The fraction of sp³-hybridized carbons (Fsp3) is 0. The Balaban J connectivity index is 2.42. The van der Waals surface area contributed by atoms with Crippen molar-refractivity contribution in [3.63, 3.8) is 0 Å². The summed E-state index contributed by atoms with van der Waals surface area (Å²) >= 11 is 0. The predicted molar refractivity (Wildman–Crippen MR) is 107 cm³/mol. The Morgan fingerprint density at radius 2 is 1.03 bits per heavy atom. The Bertz CT molecular complexity index is 1340. The summed E-state index contributed by atoms with van der Waals surface area (Å²) in [6.07, 6.45) is 0. The van der Waals surface area contributed by atoms with E-state index in [0.717, 1.165) is 0 Å². The van der Waals surface area contributed by atoms with Gasteiger partial charge in [-0.25, -0.2) is 4.85 Å². The molecular formula is C22H4N8. The molecule has 0 amide bonds. The maximum absolute atomic E-state index is 9.44. The number of nitriles is 3. The highest BCUT2D eigenvalue weighted by Gasteiger charge is 2.22. The van der Waals surface area contributed by atoms with Gasteiger partial charge in [-0.15, -0.1) is 9.97 Å². The summed E-state index contributed by atoms with van der Waals surface area (Å²) in [6, 6.07) is 12.0. The second kappa shape index (κ2) is 6.56. The Labute approximate surface area is 169 Å². The van der Waals surface area contributed by atoms with Gasteiger partial charge < -0.3 is 9.69 Å². The van der Waals surface area contributed by atoms with Crippen molar-refractivity contribution < 1.29 is 0 Å². The first-order chi connectivity index (χ1) is 14.6. The molecule has 0 bridgehead atoms. The number of fused-ring (bicyclic) bond motifs is 6. The SMILES string of the molecule is [C-]#[N+]c1cc2c(cc1C#N)c1cc(C#N)c(C#N)cc1c1nc([N+]#[C-])c([N+]#[C-])nc21. The molecule has 4 rings (SSSR count). The normalized spacial score (nSPS) is 9.80. The van der Waals surface area contributed by atoms with Crippen molar-refractivity contribution in [2.75, 3.05) is 0 Å². The molecule has 3 aromatic carbocycles. The molecule has 1 aromatic heterocycles. The van der Waals surface area contributed by atoms with Crippen LogP contribution in [0.5, 0.6) is 0 Å². The number of hydrogen-bond acceptors (Lipinski definition) is 5. The van der Waals surface area contributed by atoms with Gasteiger partial charge in [-0.2, -0.15) is 15.8 Å². The van der Waals surface area contributed by atoms with Gasteiger partial charge >= 0.3 is 0 Å². The molecule has 0 aliphatic carbocycles. The van der Waals surface area contributed by atoms with Crippen molar-refractivity contribution in [2.24, 2.45) is 0 Å². The molecule has 132 valence electrons. The number of aromatic nitrogens is 2. The van der Waals surface area contributed by atoms with Crippen molar-refractivity contribution in [3.8, 4) is 18.2 Å². The maximum atomic E-state index is 9.44. The van der Waals surface area contributed by atoms with E-state index in [1.807, 2.05) is 18.2 Å². The molecule has 0 saturated heterocycles. The molecule has 8 heteroatoms. The van der Waals surface area contributed by atoms with Crippen LogP contribution in [0.3, 0.4) is 0 Å². The van der Waals surface area contributed by atoms with Gasteiger partial charge in [0.05, 0.1) is 29.3 Å². The van der Waals surface area contributed by atoms with Crippen LogP contribution in [0.25, 0.3) is 47.1 Å². The average Bonchev–Trinajstić information content (AvgIpc) is 2.81. The summed E-state index contributed by atoms with van der Waals surface area (Å²) in [6.45, 7) is 22.0. The van der Waals surface area contributed by atoms with Crippen LogP contribution in [0.1, 0.15) is 16.7 Å². The van der Waals surface area contributed by atoms with Gasteiger partial charge in [0.1, 0.15) is 12.1 Å². The molecule has 0 saturated carbocycles. The number of nitrogens with zero attached hydrogens (tertiary/aromatic N) is 8. The molecule has 4 aromatic rings. The Hall–Kier alpha value is -5.54. The number of benzene rings is 3. The van der Waals surface area contributed by atoms with Crippen molar-refractivity contribution >= 4 is 49.9 Å². The number of hydrogen-bond donors (Lipinski definition) is 0. The molecule has 0 atom stereocenters. The molecule has 0 aliphatic rings. The van der Waals surface area contributed by atoms with Crippen molar-refractivity contribution in [1.29, 1.82) is 15.8 Å². The lowest BCUT2D eigenvalue weighted by Crippen LogP contribution is -1.93. The highest BCUT2D eigenvalue weighted by molar-refractivity contribution is 6.24. The first kappa shape index (κ1) is 17.9. The molecule has 0 unspecified atom stereocenters. The van der Waals surface area contributed by atoms with Crippen LogP contribution in [0.4, 0.5) is 17.3 Å². The van der Waals surface area contributed by atoms with Gasteiger partial charge in [-0.3, -0.25) is 0 Å². The Morgan fingerprint density at radius 3 is 1.47 bits per heavy atom. The predicted octanol–water partition coefficient (Wildman–Crippen LogP) is 5.20. The lowest BCUT2D eigenvalue weighted by molar-refractivity contribution is 1.35. The summed E-state index contributed by atoms with van der Waals surface area (Å²) < 4.78 is 0. The van der Waals surface area contributed by atoms with Crippen molar-refractivity contribution in [1.82, 2.24) is 9.97 Å². The zero-order valence-corrected chi connectivity index (χ0v) is 14.9. The Morgan fingerprint density at radius 1 is 0.600 bits per heavy atom. The van der Waals surface area contributed by atoms with Gasteiger partial charge in [0, 0.05) is 10.8 Å². The van der Waals surface area contributed by atoms with Gasteiger partial charge in [0.15, 0.2) is 0 Å². The molecule has 0 spiro atoms. The van der Waals surface area contributed by atoms with Gasteiger partial charge in [-0.05, 0) is 35.0 Å². The smallest absolute Gasteiger partial charge is 0.294 e. The van der Waals surface area contributed by atoms with Crippen molar-refractivity contribution in [3.05, 3.63) is 75.2 Å². The van der Waals surface area contributed by atoms with E-state index in [1.54, 1.807) is 0 Å².